The molecule has 1 heterocycles. The molecule has 4 nitrogen and oxygen atoms in total. The Morgan fingerprint density at radius 2 is 2.17 bits per heavy atom. The van der Waals surface area contributed by atoms with Crippen LogP contribution in [0.5, 0.6) is 0 Å². The summed E-state index contributed by atoms with van der Waals surface area (Å²) in [5.74, 6) is 0. The molecule has 0 bridgehead atoms. The van der Waals surface area contributed by atoms with E-state index in [-0.39, 0.29) is 6.04 Å². The molecule has 4 heteroatoms. The zero-order valence-corrected chi connectivity index (χ0v) is 7.10. The highest BCUT2D eigenvalue weighted by Gasteiger charge is 2.04. The van der Waals surface area contributed by atoms with Crippen molar-refractivity contribution in [2.75, 3.05) is 13.7 Å². The number of rotatable bonds is 4. The lowest BCUT2D eigenvalue weighted by molar-refractivity contribution is 0.188. The Morgan fingerprint density at radius 1 is 1.50 bits per heavy atom. The van der Waals surface area contributed by atoms with Crippen LogP contribution in [0.3, 0.4) is 0 Å². The van der Waals surface area contributed by atoms with Gasteiger partial charge in [-0.05, 0) is 6.42 Å². The van der Waals surface area contributed by atoms with Crippen molar-refractivity contribution in [1.29, 1.82) is 0 Å². The highest BCUT2D eigenvalue weighted by molar-refractivity contribution is 5.07. The maximum Gasteiger partial charge on any atom is 0.115 e. The molecule has 0 fully saturated rings. The Hall–Kier alpha value is -1.00. The van der Waals surface area contributed by atoms with Crippen molar-refractivity contribution in [2.24, 2.45) is 5.73 Å². The van der Waals surface area contributed by atoms with Crippen LogP contribution in [-0.4, -0.2) is 23.7 Å². The quantitative estimate of drug-likeness (QED) is 0.709. The van der Waals surface area contributed by atoms with Crippen LogP contribution in [0.4, 0.5) is 0 Å². The van der Waals surface area contributed by atoms with E-state index in [1.807, 2.05) is 0 Å². The molecule has 0 saturated carbocycles. The van der Waals surface area contributed by atoms with Gasteiger partial charge in [0, 0.05) is 37.7 Å². The van der Waals surface area contributed by atoms with Gasteiger partial charge in [-0.25, -0.2) is 9.97 Å². The maximum atomic E-state index is 5.82. The summed E-state index contributed by atoms with van der Waals surface area (Å²) in [7, 11) is 1.66. The highest BCUT2D eigenvalue weighted by atomic mass is 16.5. The third-order valence-corrected chi connectivity index (χ3v) is 1.64. The van der Waals surface area contributed by atoms with Crippen molar-refractivity contribution >= 4 is 0 Å². The second-order valence-corrected chi connectivity index (χ2v) is 2.56. The van der Waals surface area contributed by atoms with E-state index < -0.39 is 0 Å². The van der Waals surface area contributed by atoms with E-state index >= 15 is 0 Å². The zero-order chi connectivity index (χ0) is 8.81. The fraction of sp³-hybridized carbons (Fsp3) is 0.500. The first-order valence-electron chi connectivity index (χ1n) is 3.84. The van der Waals surface area contributed by atoms with Gasteiger partial charge in [-0.2, -0.15) is 0 Å². The van der Waals surface area contributed by atoms with E-state index in [1.165, 1.54) is 6.33 Å². The van der Waals surface area contributed by atoms with E-state index in [4.69, 9.17) is 10.5 Å². The minimum absolute atomic E-state index is 0.0221. The molecule has 12 heavy (non-hydrogen) atoms. The van der Waals surface area contributed by atoms with Crippen LogP contribution in [0.1, 0.15) is 18.0 Å². The molecular weight excluding hydrogens is 154 g/mol. The molecule has 0 aromatic carbocycles. The number of hydrogen-bond donors (Lipinski definition) is 1. The Morgan fingerprint density at radius 3 is 2.75 bits per heavy atom. The first-order valence-corrected chi connectivity index (χ1v) is 3.84. The van der Waals surface area contributed by atoms with E-state index in [1.54, 1.807) is 19.5 Å². The van der Waals surface area contributed by atoms with Crippen LogP contribution in [0, 0.1) is 0 Å². The number of methoxy groups -OCH3 is 1. The van der Waals surface area contributed by atoms with Crippen LogP contribution in [0.15, 0.2) is 18.7 Å². The Balaban J connectivity index is 2.48. The minimum atomic E-state index is -0.0221. The van der Waals surface area contributed by atoms with Gasteiger partial charge in [-0.3, -0.25) is 0 Å². The molecular formula is C8H13N3O. The molecule has 0 aliphatic heterocycles. The molecule has 2 N–H and O–H groups in total. The molecule has 1 aromatic rings. The zero-order valence-electron chi connectivity index (χ0n) is 7.10. The van der Waals surface area contributed by atoms with Crippen molar-refractivity contribution in [3.63, 3.8) is 0 Å². The van der Waals surface area contributed by atoms with E-state index in [9.17, 15) is 0 Å². The van der Waals surface area contributed by atoms with Crippen molar-refractivity contribution in [3.05, 3.63) is 24.3 Å². The Kier molecular flexibility index (Phi) is 3.63. The summed E-state index contributed by atoms with van der Waals surface area (Å²) in [5, 5.41) is 0. The smallest absolute Gasteiger partial charge is 0.115 e. The average Bonchev–Trinajstić information content (AvgIpc) is 2.15. The summed E-state index contributed by atoms with van der Waals surface area (Å²) in [6.07, 6.45) is 5.75. The van der Waals surface area contributed by atoms with E-state index in [0.29, 0.717) is 6.61 Å². The number of hydrogen-bond acceptors (Lipinski definition) is 4. The predicted octanol–water partition coefficient (Wildman–Crippen LogP) is 0.513. The molecule has 1 atom stereocenters. The standard InChI is InChI=1S/C8H13N3O/c1-12-3-2-8(9)7-4-10-6-11-5-7/h4-6,8H,2-3,9H2,1H3. The van der Waals surface area contributed by atoms with Crippen molar-refractivity contribution < 1.29 is 4.74 Å². The third-order valence-electron chi connectivity index (χ3n) is 1.64. The SMILES string of the molecule is COCCC(N)c1cncnc1. The van der Waals surface area contributed by atoms with Gasteiger partial charge in [0.05, 0.1) is 0 Å². The molecule has 66 valence electrons. The van der Waals surface area contributed by atoms with Crippen LogP contribution in [-0.2, 0) is 4.74 Å². The summed E-state index contributed by atoms with van der Waals surface area (Å²) in [5.41, 5.74) is 6.77. The van der Waals surface area contributed by atoms with Gasteiger partial charge in [-0.1, -0.05) is 0 Å². The summed E-state index contributed by atoms with van der Waals surface area (Å²) in [6.45, 7) is 0.663. The number of nitrogens with two attached hydrogens (primary N) is 1. The lowest BCUT2D eigenvalue weighted by Gasteiger charge is -2.09. The molecule has 0 radical (unpaired) electrons. The monoisotopic (exact) mass is 167 g/mol. The molecule has 0 aliphatic rings. The topological polar surface area (TPSA) is 61.0 Å². The summed E-state index contributed by atoms with van der Waals surface area (Å²) >= 11 is 0. The first-order chi connectivity index (χ1) is 5.84. The van der Waals surface area contributed by atoms with Gasteiger partial charge >= 0.3 is 0 Å². The predicted molar refractivity (Wildman–Crippen MR) is 45.5 cm³/mol. The molecule has 1 unspecified atom stereocenters. The molecule has 1 aromatic heterocycles. The van der Waals surface area contributed by atoms with Crippen molar-refractivity contribution in [1.82, 2.24) is 9.97 Å². The highest BCUT2D eigenvalue weighted by Crippen LogP contribution is 2.10. The third kappa shape index (κ3) is 2.56. The molecule has 0 amide bonds. The van der Waals surface area contributed by atoms with Gasteiger partial charge in [0.1, 0.15) is 6.33 Å². The molecule has 0 spiro atoms. The van der Waals surface area contributed by atoms with Crippen molar-refractivity contribution in [3.8, 4) is 0 Å². The van der Waals surface area contributed by atoms with Gasteiger partial charge in [0.15, 0.2) is 0 Å². The van der Waals surface area contributed by atoms with Gasteiger partial charge < -0.3 is 10.5 Å². The van der Waals surface area contributed by atoms with Crippen LogP contribution >= 0.6 is 0 Å². The first kappa shape index (κ1) is 9.09. The van der Waals surface area contributed by atoms with Gasteiger partial charge in [0.25, 0.3) is 0 Å². The summed E-state index contributed by atoms with van der Waals surface area (Å²) in [4.78, 5) is 7.76. The van der Waals surface area contributed by atoms with Crippen LogP contribution in [0.25, 0.3) is 0 Å². The lowest BCUT2D eigenvalue weighted by atomic mass is 10.1. The number of nitrogens with zero attached hydrogens (tertiary/aromatic N) is 2. The largest absolute Gasteiger partial charge is 0.385 e. The Labute approximate surface area is 71.8 Å². The number of aromatic nitrogens is 2. The second kappa shape index (κ2) is 4.79. The van der Waals surface area contributed by atoms with Gasteiger partial charge in [-0.15, -0.1) is 0 Å². The minimum Gasteiger partial charge on any atom is -0.385 e. The normalized spacial score (nSPS) is 12.8. The number of ether oxygens (including phenoxy) is 1. The summed E-state index contributed by atoms with van der Waals surface area (Å²) in [6, 6.07) is -0.0221. The van der Waals surface area contributed by atoms with Crippen LogP contribution in [0.2, 0.25) is 0 Å². The fourth-order valence-corrected chi connectivity index (χ4v) is 0.914. The molecule has 1 rings (SSSR count). The molecule has 0 aliphatic carbocycles. The van der Waals surface area contributed by atoms with Gasteiger partial charge in [0.2, 0.25) is 0 Å². The maximum absolute atomic E-state index is 5.82. The average molecular weight is 167 g/mol. The second-order valence-electron chi connectivity index (χ2n) is 2.56. The van der Waals surface area contributed by atoms with Crippen molar-refractivity contribution in [2.45, 2.75) is 12.5 Å². The lowest BCUT2D eigenvalue weighted by Crippen LogP contribution is -2.13. The van der Waals surface area contributed by atoms with E-state index in [2.05, 4.69) is 9.97 Å². The van der Waals surface area contributed by atoms with Crippen LogP contribution < -0.4 is 5.73 Å². The molecule has 0 saturated heterocycles. The van der Waals surface area contributed by atoms with E-state index in [0.717, 1.165) is 12.0 Å². The fourth-order valence-electron chi connectivity index (χ4n) is 0.914. The summed E-state index contributed by atoms with van der Waals surface area (Å²) < 4.78 is 4.91. The Bertz CT molecular complexity index is 215.